The first kappa shape index (κ1) is 17.8. The number of carbonyl (C=O) groups is 2. The molecule has 3 amide bonds. The molecule has 0 aliphatic carbocycles. The fraction of sp³-hybridized carbons (Fsp3) is 0. The Morgan fingerprint density at radius 1 is 1.15 bits per heavy atom. The van der Waals surface area contributed by atoms with Gasteiger partial charge in [-0.25, -0.2) is 9.10 Å². The lowest BCUT2D eigenvalue weighted by atomic mass is 10.1. The summed E-state index contributed by atoms with van der Waals surface area (Å²) in [6, 6.07) is 12.6. The highest BCUT2D eigenvalue weighted by atomic mass is 35.5. The molecule has 0 saturated carbocycles. The largest absolute Gasteiger partial charge is 0.366 e. The Balaban J connectivity index is 1.73. The summed E-state index contributed by atoms with van der Waals surface area (Å²) >= 11 is 10.5. The number of thiol groups is 1. The van der Waals surface area contributed by atoms with Gasteiger partial charge < -0.3 is 11.1 Å². The van der Waals surface area contributed by atoms with Gasteiger partial charge in [-0.05, 0) is 48.5 Å². The first-order valence-electron chi connectivity index (χ1n) is 7.45. The lowest BCUT2D eigenvalue weighted by molar-refractivity contribution is 0.100. The van der Waals surface area contributed by atoms with Crippen LogP contribution in [0.4, 0.5) is 16.2 Å². The van der Waals surface area contributed by atoms with E-state index in [2.05, 4.69) is 28.3 Å². The second kappa shape index (κ2) is 7.51. The second-order valence-corrected chi connectivity index (χ2v) is 6.13. The van der Waals surface area contributed by atoms with E-state index in [1.807, 2.05) is 0 Å². The van der Waals surface area contributed by atoms with Gasteiger partial charge in [-0.15, -0.1) is 0 Å². The van der Waals surface area contributed by atoms with Crippen LogP contribution in [-0.2, 0) is 0 Å². The summed E-state index contributed by atoms with van der Waals surface area (Å²) < 4.78 is 1.11. The van der Waals surface area contributed by atoms with Crippen molar-refractivity contribution >= 4 is 47.7 Å². The first-order valence-corrected chi connectivity index (χ1v) is 8.22. The van der Waals surface area contributed by atoms with Gasteiger partial charge in [-0.1, -0.05) is 24.4 Å². The molecule has 1 aromatic heterocycles. The molecular weight excluding hydrogens is 374 g/mol. The highest BCUT2D eigenvalue weighted by Crippen LogP contribution is 2.29. The van der Waals surface area contributed by atoms with Gasteiger partial charge in [-0.3, -0.25) is 9.89 Å². The molecule has 2 aromatic carbocycles. The fourth-order valence-electron chi connectivity index (χ4n) is 2.28. The number of anilines is 2. The number of urea groups is 1. The van der Waals surface area contributed by atoms with Crippen molar-refractivity contribution in [3.05, 3.63) is 65.3 Å². The Morgan fingerprint density at radius 2 is 1.88 bits per heavy atom. The third-order valence-corrected chi connectivity index (χ3v) is 4.33. The normalized spacial score (nSPS) is 10.4. The maximum atomic E-state index is 12.3. The van der Waals surface area contributed by atoms with Crippen LogP contribution in [0, 0.1) is 0 Å². The molecule has 1 heterocycles. The number of nitrogens with two attached hydrogens (primary N) is 1. The number of nitrogens with one attached hydrogen (secondary N) is 2. The van der Waals surface area contributed by atoms with Crippen molar-refractivity contribution < 1.29 is 9.59 Å². The third-order valence-electron chi connectivity index (χ3n) is 3.60. The standard InChI is InChI=1S/C17H14ClN5O2S/c18-14-9-11(3-6-13(14)15-7-8-20-22-15)21-17(25)23(26)12-4-1-10(2-5-12)16(19)24/h1-9,26H,(H2,19,24)(H,20,22)(H,21,25). The Hall–Kier alpha value is -2.97. The minimum atomic E-state index is -0.543. The van der Waals surface area contributed by atoms with Crippen molar-refractivity contribution in [2.45, 2.75) is 0 Å². The summed E-state index contributed by atoms with van der Waals surface area (Å²) in [6.45, 7) is 0. The lowest BCUT2D eigenvalue weighted by Gasteiger charge is -2.17. The number of aromatic nitrogens is 2. The highest BCUT2D eigenvalue weighted by molar-refractivity contribution is 7.82. The number of nitrogens with zero attached hydrogens (tertiary/aromatic N) is 2. The Bertz CT molecular complexity index is 944. The summed E-state index contributed by atoms with van der Waals surface area (Å²) in [6.07, 6.45) is 1.63. The van der Waals surface area contributed by atoms with Crippen LogP contribution < -0.4 is 15.4 Å². The summed E-state index contributed by atoms with van der Waals surface area (Å²) in [5.74, 6) is -0.543. The topological polar surface area (TPSA) is 104 Å². The van der Waals surface area contributed by atoms with Gasteiger partial charge in [0.2, 0.25) is 5.91 Å². The fourth-order valence-corrected chi connectivity index (χ4v) is 2.74. The molecule has 132 valence electrons. The van der Waals surface area contributed by atoms with Gasteiger partial charge in [0.15, 0.2) is 0 Å². The van der Waals surface area contributed by atoms with Gasteiger partial charge in [0.1, 0.15) is 0 Å². The Morgan fingerprint density at radius 3 is 2.46 bits per heavy atom. The molecule has 0 spiro atoms. The number of carbonyl (C=O) groups excluding carboxylic acids is 2. The van der Waals surface area contributed by atoms with Crippen molar-refractivity contribution in [1.29, 1.82) is 0 Å². The van der Waals surface area contributed by atoms with Crippen molar-refractivity contribution in [1.82, 2.24) is 10.2 Å². The minimum absolute atomic E-state index is 0.345. The summed E-state index contributed by atoms with van der Waals surface area (Å²) in [5.41, 5.74) is 8.08. The second-order valence-electron chi connectivity index (χ2n) is 5.32. The number of rotatable bonds is 4. The molecule has 0 unspecified atom stereocenters. The van der Waals surface area contributed by atoms with E-state index in [1.54, 1.807) is 42.6 Å². The number of amides is 3. The van der Waals surface area contributed by atoms with Crippen LogP contribution in [-0.4, -0.2) is 22.1 Å². The van der Waals surface area contributed by atoms with E-state index < -0.39 is 11.9 Å². The molecule has 7 nitrogen and oxygen atoms in total. The molecule has 0 fully saturated rings. The van der Waals surface area contributed by atoms with E-state index in [4.69, 9.17) is 17.3 Å². The third kappa shape index (κ3) is 3.81. The smallest absolute Gasteiger partial charge is 0.336 e. The van der Waals surface area contributed by atoms with Crippen LogP contribution in [0.1, 0.15) is 10.4 Å². The number of primary amides is 1. The van der Waals surface area contributed by atoms with Crippen molar-refractivity contribution in [3.8, 4) is 11.3 Å². The molecule has 0 saturated heterocycles. The molecule has 0 bridgehead atoms. The van der Waals surface area contributed by atoms with Gasteiger partial charge in [0.05, 0.1) is 16.4 Å². The molecule has 0 atom stereocenters. The average Bonchev–Trinajstić information content (AvgIpc) is 3.15. The van der Waals surface area contributed by atoms with Crippen LogP contribution in [0.2, 0.25) is 5.02 Å². The number of hydrogen-bond acceptors (Lipinski definition) is 4. The van der Waals surface area contributed by atoms with Crippen molar-refractivity contribution in [2.75, 3.05) is 9.62 Å². The van der Waals surface area contributed by atoms with E-state index in [0.717, 1.165) is 15.6 Å². The predicted octanol–water partition coefficient (Wildman–Crippen LogP) is 3.71. The van der Waals surface area contributed by atoms with Crippen molar-refractivity contribution in [2.24, 2.45) is 5.73 Å². The van der Waals surface area contributed by atoms with Gasteiger partial charge >= 0.3 is 6.03 Å². The molecule has 0 radical (unpaired) electrons. The van der Waals surface area contributed by atoms with E-state index in [1.165, 1.54) is 12.1 Å². The zero-order valence-electron chi connectivity index (χ0n) is 13.3. The number of benzene rings is 2. The predicted molar refractivity (Wildman–Crippen MR) is 104 cm³/mol. The zero-order chi connectivity index (χ0) is 18.7. The number of H-pyrrole nitrogens is 1. The minimum Gasteiger partial charge on any atom is -0.366 e. The van der Waals surface area contributed by atoms with Crippen LogP contribution in [0.25, 0.3) is 11.3 Å². The molecule has 3 aromatic rings. The molecule has 0 aliphatic rings. The van der Waals surface area contributed by atoms with E-state index >= 15 is 0 Å². The lowest BCUT2D eigenvalue weighted by Crippen LogP contribution is -2.26. The average molecular weight is 388 g/mol. The summed E-state index contributed by atoms with van der Waals surface area (Å²) in [7, 11) is 0. The first-order chi connectivity index (χ1) is 12.5. The number of hydrogen-bond donors (Lipinski definition) is 4. The van der Waals surface area contributed by atoms with Crippen LogP contribution in [0.15, 0.2) is 54.7 Å². The molecule has 26 heavy (non-hydrogen) atoms. The van der Waals surface area contributed by atoms with E-state index in [-0.39, 0.29) is 0 Å². The number of aromatic amines is 1. The summed E-state index contributed by atoms with van der Waals surface area (Å²) in [5, 5.41) is 9.88. The monoisotopic (exact) mass is 387 g/mol. The molecule has 0 aliphatic heterocycles. The van der Waals surface area contributed by atoms with Crippen LogP contribution in [0.5, 0.6) is 0 Å². The highest BCUT2D eigenvalue weighted by Gasteiger charge is 2.14. The Labute approximate surface area is 159 Å². The molecular formula is C17H14ClN5O2S. The molecule has 4 N–H and O–H groups in total. The van der Waals surface area contributed by atoms with Gasteiger partial charge in [0.25, 0.3) is 0 Å². The molecule has 3 rings (SSSR count). The quantitative estimate of drug-likeness (QED) is 0.513. The molecule has 9 heteroatoms. The van der Waals surface area contributed by atoms with Gasteiger partial charge in [-0.2, -0.15) is 5.10 Å². The van der Waals surface area contributed by atoms with Gasteiger partial charge in [0, 0.05) is 23.0 Å². The maximum Gasteiger partial charge on any atom is 0.336 e. The van der Waals surface area contributed by atoms with Crippen LogP contribution >= 0.6 is 24.4 Å². The maximum absolute atomic E-state index is 12.3. The summed E-state index contributed by atoms with van der Waals surface area (Å²) in [4.78, 5) is 23.4. The Kier molecular flexibility index (Phi) is 5.15. The van der Waals surface area contributed by atoms with E-state index in [9.17, 15) is 9.59 Å². The van der Waals surface area contributed by atoms with Crippen LogP contribution in [0.3, 0.4) is 0 Å². The number of halogens is 1. The zero-order valence-corrected chi connectivity index (χ0v) is 15.0. The SMILES string of the molecule is NC(=O)c1ccc(N(S)C(=O)Nc2ccc(-c3ccn[nH]3)c(Cl)c2)cc1. The van der Waals surface area contributed by atoms with Crippen molar-refractivity contribution in [3.63, 3.8) is 0 Å². The van der Waals surface area contributed by atoms with E-state index in [0.29, 0.717) is 22.0 Å².